The maximum Gasteiger partial charge on any atom is 0.261 e. The molecule has 1 aliphatic rings. The van der Waals surface area contributed by atoms with E-state index >= 15 is 0 Å². The number of nitrogens with zero attached hydrogens (tertiary/aromatic N) is 2. The van der Waals surface area contributed by atoms with Gasteiger partial charge in [0.15, 0.2) is 0 Å². The molecule has 0 fully saturated rings. The van der Waals surface area contributed by atoms with Crippen molar-refractivity contribution in [1.82, 2.24) is 5.01 Å². The number of hydrogen-bond acceptors (Lipinski definition) is 5. The van der Waals surface area contributed by atoms with E-state index in [2.05, 4.69) is 16.7 Å². The molecular weight excluding hydrogens is 433 g/mol. The molecule has 1 N–H and O–H groups in total. The number of sulfonamides is 1. The summed E-state index contributed by atoms with van der Waals surface area (Å²) >= 11 is 0. The van der Waals surface area contributed by atoms with Crippen molar-refractivity contribution < 1.29 is 22.3 Å². The van der Waals surface area contributed by atoms with Crippen LogP contribution in [0.3, 0.4) is 0 Å². The number of carbonyl (C=O) groups excluding carboxylic acids is 1. The molecule has 0 aliphatic carbocycles. The second-order valence-corrected chi connectivity index (χ2v) is 9.76. The third-order valence-corrected chi connectivity index (χ3v) is 7.02. The second-order valence-electron chi connectivity index (χ2n) is 8.08. The number of rotatable bonds is 8. The molecule has 1 amide bonds. The molecule has 9 heteroatoms. The number of carbonyl (C=O) groups is 1. The van der Waals surface area contributed by atoms with Crippen LogP contribution in [0.15, 0.2) is 58.5 Å². The zero-order chi connectivity index (χ0) is 23.5. The number of methoxy groups -OCH3 is 1. The number of hydrogen-bond donors (Lipinski definition) is 1. The lowest BCUT2D eigenvalue weighted by Crippen LogP contribution is -2.37. The van der Waals surface area contributed by atoms with E-state index in [9.17, 15) is 17.6 Å². The van der Waals surface area contributed by atoms with Crippen LogP contribution < -0.4 is 4.72 Å². The highest BCUT2D eigenvalue weighted by Gasteiger charge is 2.34. The summed E-state index contributed by atoms with van der Waals surface area (Å²) < 4.78 is 45.9. The molecule has 0 spiro atoms. The number of nitrogens with one attached hydrogen (secondary N) is 1. The van der Waals surface area contributed by atoms with Gasteiger partial charge < -0.3 is 4.74 Å². The summed E-state index contributed by atoms with van der Waals surface area (Å²) in [7, 11) is -2.16. The minimum Gasteiger partial charge on any atom is -0.382 e. The van der Waals surface area contributed by atoms with Crippen LogP contribution in [0.2, 0.25) is 0 Å². The molecule has 0 saturated carbocycles. The summed E-state index contributed by atoms with van der Waals surface area (Å²) in [5.41, 5.74) is 1.96. The van der Waals surface area contributed by atoms with Crippen LogP contribution in [0.4, 0.5) is 10.1 Å². The molecule has 3 rings (SSSR count). The minimum absolute atomic E-state index is 0.0256. The topological polar surface area (TPSA) is 88.1 Å². The molecular formula is C23H28FN3O4S. The highest BCUT2D eigenvalue weighted by molar-refractivity contribution is 7.92. The van der Waals surface area contributed by atoms with Crippen LogP contribution in [0, 0.1) is 11.7 Å². The lowest BCUT2D eigenvalue weighted by molar-refractivity contribution is -0.131. The van der Waals surface area contributed by atoms with Gasteiger partial charge in [0.2, 0.25) is 5.91 Å². The first-order valence-corrected chi connectivity index (χ1v) is 11.9. The Kier molecular flexibility index (Phi) is 7.30. The molecule has 1 aliphatic heterocycles. The zero-order valence-electron chi connectivity index (χ0n) is 18.6. The van der Waals surface area contributed by atoms with Gasteiger partial charge in [0.1, 0.15) is 5.82 Å². The molecule has 0 bridgehead atoms. The second kappa shape index (κ2) is 9.79. The first-order chi connectivity index (χ1) is 15.1. The van der Waals surface area contributed by atoms with Crippen LogP contribution in [0.1, 0.15) is 39.2 Å². The predicted molar refractivity (Wildman–Crippen MR) is 121 cm³/mol. The number of ether oxygens (including phenoxy) is 1. The monoisotopic (exact) mass is 461 g/mol. The van der Waals surface area contributed by atoms with Gasteiger partial charge in [-0.3, -0.25) is 9.52 Å². The summed E-state index contributed by atoms with van der Waals surface area (Å²) in [5, 5.41) is 6.07. The van der Waals surface area contributed by atoms with Gasteiger partial charge in [0.05, 0.1) is 22.8 Å². The average molecular weight is 462 g/mol. The molecule has 3 unspecified atom stereocenters. The molecule has 0 aromatic heterocycles. The first kappa shape index (κ1) is 23.9. The zero-order valence-corrected chi connectivity index (χ0v) is 19.4. The van der Waals surface area contributed by atoms with Crippen molar-refractivity contribution >= 4 is 27.3 Å². The molecule has 32 heavy (non-hydrogen) atoms. The van der Waals surface area contributed by atoms with E-state index in [4.69, 9.17) is 4.74 Å². The van der Waals surface area contributed by atoms with Crippen molar-refractivity contribution in [3.8, 4) is 0 Å². The summed E-state index contributed by atoms with van der Waals surface area (Å²) in [6.07, 6.45) is 1.49. The molecule has 7 nitrogen and oxygen atoms in total. The van der Waals surface area contributed by atoms with E-state index in [1.165, 1.54) is 24.1 Å². The Morgan fingerprint density at radius 3 is 2.38 bits per heavy atom. The van der Waals surface area contributed by atoms with Gasteiger partial charge in [-0.05, 0) is 61.2 Å². The highest BCUT2D eigenvalue weighted by atomic mass is 32.2. The van der Waals surface area contributed by atoms with E-state index in [0.717, 1.165) is 29.8 Å². The summed E-state index contributed by atoms with van der Waals surface area (Å²) in [5.74, 6) is -0.433. The van der Waals surface area contributed by atoms with E-state index in [-0.39, 0.29) is 28.9 Å². The van der Waals surface area contributed by atoms with Crippen molar-refractivity contribution in [2.75, 3.05) is 11.8 Å². The predicted octanol–water partition coefficient (Wildman–Crippen LogP) is 4.01. The third-order valence-electron chi connectivity index (χ3n) is 5.62. The number of hydrazone groups is 1. The van der Waals surface area contributed by atoms with Crippen molar-refractivity contribution in [1.29, 1.82) is 0 Å². The minimum atomic E-state index is -3.83. The van der Waals surface area contributed by atoms with Crippen LogP contribution in [-0.4, -0.2) is 44.3 Å². The fourth-order valence-electron chi connectivity index (χ4n) is 3.79. The van der Waals surface area contributed by atoms with E-state index in [0.29, 0.717) is 12.1 Å². The van der Waals surface area contributed by atoms with Gasteiger partial charge in [-0.1, -0.05) is 19.1 Å². The quantitative estimate of drug-likeness (QED) is 0.643. The number of benzene rings is 2. The molecule has 3 atom stereocenters. The Balaban J connectivity index is 1.74. The molecule has 0 saturated heterocycles. The van der Waals surface area contributed by atoms with E-state index in [1.807, 2.05) is 6.92 Å². The van der Waals surface area contributed by atoms with Crippen molar-refractivity contribution in [3.05, 3.63) is 59.9 Å². The lowest BCUT2D eigenvalue weighted by atomic mass is 9.90. The number of anilines is 1. The SMILES string of the molecule is COC(C)CC(C)C1CC(c2ccc(NS(=O)(=O)c3ccc(F)cc3)cc2)=NN1C(C)=O. The van der Waals surface area contributed by atoms with Crippen LogP contribution in [0.25, 0.3) is 0 Å². The first-order valence-electron chi connectivity index (χ1n) is 10.4. The summed E-state index contributed by atoms with van der Waals surface area (Å²) in [6.45, 7) is 5.58. The maximum atomic E-state index is 13.1. The smallest absolute Gasteiger partial charge is 0.261 e. The molecule has 172 valence electrons. The number of amides is 1. The average Bonchev–Trinajstić information content (AvgIpc) is 3.20. The molecule has 2 aromatic rings. The normalized spacial score (nSPS) is 18.2. The number of halogens is 1. The van der Waals surface area contributed by atoms with Crippen LogP contribution in [-0.2, 0) is 19.6 Å². The molecule has 0 radical (unpaired) electrons. The van der Waals surface area contributed by atoms with Gasteiger partial charge in [-0.2, -0.15) is 5.10 Å². The van der Waals surface area contributed by atoms with Gasteiger partial charge in [0, 0.05) is 26.1 Å². The summed E-state index contributed by atoms with van der Waals surface area (Å²) in [4.78, 5) is 12.1. The fraction of sp³-hybridized carbons (Fsp3) is 0.391. The Morgan fingerprint density at radius 1 is 1.19 bits per heavy atom. The Labute approximate surface area is 188 Å². The van der Waals surface area contributed by atoms with E-state index in [1.54, 1.807) is 31.4 Å². The highest BCUT2D eigenvalue weighted by Crippen LogP contribution is 2.29. The van der Waals surface area contributed by atoms with E-state index < -0.39 is 15.8 Å². The molecule has 1 heterocycles. The van der Waals surface area contributed by atoms with Crippen molar-refractivity contribution in [2.24, 2.45) is 11.0 Å². The van der Waals surface area contributed by atoms with Crippen LogP contribution in [0.5, 0.6) is 0 Å². The summed E-state index contributed by atoms with van der Waals surface area (Å²) in [6, 6.07) is 11.4. The van der Waals surface area contributed by atoms with Crippen LogP contribution >= 0.6 is 0 Å². The Hall–Kier alpha value is -2.78. The lowest BCUT2D eigenvalue weighted by Gasteiger charge is -2.27. The maximum absolute atomic E-state index is 13.1. The van der Waals surface area contributed by atoms with Crippen molar-refractivity contribution in [2.45, 2.75) is 50.7 Å². The molecule has 2 aromatic carbocycles. The fourth-order valence-corrected chi connectivity index (χ4v) is 4.85. The van der Waals surface area contributed by atoms with Crippen molar-refractivity contribution in [3.63, 3.8) is 0 Å². The largest absolute Gasteiger partial charge is 0.382 e. The Bertz CT molecular complexity index is 1090. The van der Waals surface area contributed by atoms with Gasteiger partial charge in [-0.25, -0.2) is 17.8 Å². The van der Waals surface area contributed by atoms with Gasteiger partial charge in [-0.15, -0.1) is 0 Å². The van der Waals surface area contributed by atoms with Gasteiger partial charge in [0.25, 0.3) is 10.0 Å². The standard InChI is InChI=1S/C23H28FN3O4S/c1-15(13-16(2)31-4)23-14-22(25-27(23)17(3)28)18-5-9-20(10-6-18)26-32(29,30)21-11-7-19(24)8-12-21/h5-12,15-16,23,26H,13-14H2,1-4H3. The Morgan fingerprint density at radius 2 is 1.81 bits per heavy atom. The third kappa shape index (κ3) is 5.52. The van der Waals surface area contributed by atoms with Gasteiger partial charge >= 0.3 is 0 Å².